The largest absolute Gasteiger partial charge is 1.00 e. The van der Waals surface area contributed by atoms with Crippen LogP contribution in [0.1, 0.15) is 5.56 Å². The monoisotopic (exact) mass is 348 g/mol. The zero-order valence-electron chi connectivity index (χ0n) is 10.3. The molecular weight excluding hydrogens is 339 g/mol. The molecule has 0 amide bonds. The van der Waals surface area contributed by atoms with Crippen molar-refractivity contribution in [3.05, 3.63) is 58.6 Å². The molecule has 0 saturated carbocycles. The molecule has 2 aromatic carbocycles. The molecule has 94 valence electrons. The number of halogens is 1. The molecule has 2 rings (SSSR count). The van der Waals surface area contributed by atoms with Gasteiger partial charge < -0.3 is 9.29 Å². The molecule has 3 nitrogen and oxygen atoms in total. The number of benzene rings is 2. The number of hydrogen-bond acceptors (Lipinski definition) is 3. The molecule has 0 spiro atoms. The van der Waals surface area contributed by atoms with Crippen molar-refractivity contribution >= 4 is 27.0 Å². The van der Waals surface area contributed by atoms with Gasteiger partial charge in [0.05, 0.1) is 4.47 Å². The molecule has 1 unspecified atom stereocenters. The molecule has 1 atom stereocenters. The molecule has 0 bridgehead atoms. The zero-order chi connectivity index (χ0) is 13.0. The Bertz CT molecular complexity index is 563. The van der Waals surface area contributed by atoms with Gasteiger partial charge in [0.2, 0.25) is 0 Å². The Morgan fingerprint density at radius 1 is 1.16 bits per heavy atom. The van der Waals surface area contributed by atoms with E-state index in [-0.39, 0.29) is 34.5 Å². The minimum atomic E-state index is -2.22. The Balaban J connectivity index is 0.00000180. The van der Waals surface area contributed by atoms with Gasteiger partial charge in [-0.3, -0.25) is 4.21 Å². The van der Waals surface area contributed by atoms with Gasteiger partial charge in [-0.2, -0.15) is 0 Å². The maximum absolute atomic E-state index is 10.8. The predicted molar refractivity (Wildman–Crippen MR) is 72.1 cm³/mol. The maximum atomic E-state index is 10.8. The molecule has 19 heavy (non-hydrogen) atoms. The van der Waals surface area contributed by atoms with E-state index in [0.29, 0.717) is 16.8 Å². The molecule has 6 heteroatoms. The molecule has 0 heterocycles. The fourth-order valence-corrected chi connectivity index (χ4v) is 2.48. The summed E-state index contributed by atoms with van der Waals surface area (Å²) in [7, 11) is 0. The first-order chi connectivity index (χ1) is 8.66. The van der Waals surface area contributed by atoms with Crippen LogP contribution in [0.4, 0.5) is 0 Å². The van der Waals surface area contributed by atoms with Crippen LogP contribution < -0.4 is 34.3 Å². The van der Waals surface area contributed by atoms with Gasteiger partial charge >= 0.3 is 29.6 Å². The SMILES string of the molecule is O=S([O-])c1ccc(OCc2ccccc2)c(Br)c1.[Na+]. The van der Waals surface area contributed by atoms with Crippen LogP contribution in [0.15, 0.2) is 57.9 Å². The Kier molecular flexibility index (Phi) is 7.28. The first-order valence-corrected chi connectivity index (χ1v) is 7.09. The standard InChI is InChI=1S/C13H11BrO3S.Na/c14-12-8-11(18(15)16)6-7-13(12)17-9-10-4-2-1-3-5-10;/h1-8H,9H2,(H,15,16);/q;+1/p-1. The van der Waals surface area contributed by atoms with Crippen LogP contribution in [0, 0.1) is 0 Å². The van der Waals surface area contributed by atoms with Crippen LogP contribution in [0.3, 0.4) is 0 Å². The summed E-state index contributed by atoms with van der Waals surface area (Å²) in [5.41, 5.74) is 1.06. The van der Waals surface area contributed by atoms with Crippen molar-refractivity contribution < 1.29 is 43.1 Å². The van der Waals surface area contributed by atoms with E-state index in [9.17, 15) is 8.76 Å². The second kappa shape index (κ2) is 8.19. The Hall–Kier alpha value is -0.170. The van der Waals surface area contributed by atoms with E-state index in [2.05, 4.69) is 15.9 Å². The van der Waals surface area contributed by atoms with Crippen LogP contribution in [0.2, 0.25) is 0 Å². The third-order valence-corrected chi connectivity index (χ3v) is 3.59. The van der Waals surface area contributed by atoms with E-state index in [1.54, 1.807) is 6.07 Å². The Labute approximate surface area is 145 Å². The summed E-state index contributed by atoms with van der Waals surface area (Å²) in [5.74, 6) is 0.619. The second-order valence-electron chi connectivity index (χ2n) is 3.60. The average Bonchev–Trinajstić information content (AvgIpc) is 2.38. The minimum Gasteiger partial charge on any atom is -0.768 e. The minimum absolute atomic E-state index is 0. The zero-order valence-corrected chi connectivity index (χ0v) is 14.7. The van der Waals surface area contributed by atoms with E-state index < -0.39 is 11.1 Å². The molecule has 0 saturated heterocycles. The van der Waals surface area contributed by atoms with Gasteiger partial charge in [-0.15, -0.1) is 0 Å². The molecule has 0 aliphatic carbocycles. The van der Waals surface area contributed by atoms with Gasteiger partial charge in [0.1, 0.15) is 12.4 Å². The quantitative estimate of drug-likeness (QED) is 0.588. The van der Waals surface area contributed by atoms with E-state index in [1.807, 2.05) is 30.3 Å². The Morgan fingerprint density at radius 3 is 2.42 bits per heavy atom. The van der Waals surface area contributed by atoms with Gasteiger partial charge in [-0.25, -0.2) is 0 Å². The fraction of sp³-hybridized carbons (Fsp3) is 0.0769. The summed E-state index contributed by atoms with van der Waals surface area (Å²) in [6, 6.07) is 14.4. The van der Waals surface area contributed by atoms with E-state index in [0.717, 1.165) is 5.56 Å². The topological polar surface area (TPSA) is 49.4 Å². The third-order valence-electron chi connectivity index (χ3n) is 2.33. The van der Waals surface area contributed by atoms with Crippen LogP contribution in [-0.4, -0.2) is 8.76 Å². The van der Waals surface area contributed by atoms with Crippen molar-refractivity contribution in [2.75, 3.05) is 0 Å². The van der Waals surface area contributed by atoms with Gasteiger partial charge in [0, 0.05) is 4.90 Å². The van der Waals surface area contributed by atoms with Crippen molar-refractivity contribution in [2.24, 2.45) is 0 Å². The maximum Gasteiger partial charge on any atom is 1.00 e. The fourth-order valence-electron chi connectivity index (χ4n) is 1.44. The predicted octanol–water partition coefficient (Wildman–Crippen LogP) is 0.270. The molecule has 0 aliphatic heterocycles. The number of rotatable bonds is 4. The summed E-state index contributed by atoms with van der Waals surface area (Å²) in [4.78, 5) is 0.230. The van der Waals surface area contributed by atoms with E-state index in [1.165, 1.54) is 12.1 Å². The Morgan fingerprint density at radius 2 is 1.84 bits per heavy atom. The van der Waals surface area contributed by atoms with Crippen LogP contribution >= 0.6 is 15.9 Å². The van der Waals surface area contributed by atoms with E-state index >= 15 is 0 Å². The van der Waals surface area contributed by atoms with Crippen LogP contribution in [-0.2, 0) is 17.7 Å². The van der Waals surface area contributed by atoms with Crippen molar-refractivity contribution in [3.8, 4) is 5.75 Å². The smallest absolute Gasteiger partial charge is 0.768 e. The second-order valence-corrected chi connectivity index (χ2v) is 5.40. The van der Waals surface area contributed by atoms with Crippen molar-refractivity contribution in [2.45, 2.75) is 11.5 Å². The molecule has 0 aliphatic rings. The summed E-state index contributed by atoms with van der Waals surface area (Å²) in [6.07, 6.45) is 0. The van der Waals surface area contributed by atoms with Gasteiger partial charge in [-0.05, 0) is 50.8 Å². The normalized spacial score (nSPS) is 11.5. The first-order valence-electron chi connectivity index (χ1n) is 5.22. The molecular formula is C13H10BrNaO3S. The summed E-state index contributed by atoms with van der Waals surface area (Å²) in [5, 5.41) is 0. The third kappa shape index (κ3) is 5.02. The van der Waals surface area contributed by atoms with Gasteiger partial charge in [-0.1, -0.05) is 30.3 Å². The summed E-state index contributed by atoms with van der Waals surface area (Å²) in [6.45, 7) is 0.444. The van der Waals surface area contributed by atoms with E-state index in [4.69, 9.17) is 4.74 Å². The van der Waals surface area contributed by atoms with Crippen molar-refractivity contribution in [1.82, 2.24) is 0 Å². The summed E-state index contributed by atoms with van der Waals surface area (Å²) >= 11 is 1.07. The average molecular weight is 349 g/mol. The number of hydrogen-bond donors (Lipinski definition) is 0. The first kappa shape index (κ1) is 16.9. The van der Waals surface area contributed by atoms with Gasteiger partial charge in [0.25, 0.3) is 0 Å². The number of ether oxygens (including phenoxy) is 1. The van der Waals surface area contributed by atoms with Crippen molar-refractivity contribution in [1.29, 1.82) is 0 Å². The molecule has 0 N–H and O–H groups in total. The van der Waals surface area contributed by atoms with Crippen LogP contribution in [0.25, 0.3) is 0 Å². The molecule has 0 aromatic heterocycles. The van der Waals surface area contributed by atoms with Crippen LogP contribution in [0.5, 0.6) is 5.75 Å². The van der Waals surface area contributed by atoms with Crippen molar-refractivity contribution in [3.63, 3.8) is 0 Å². The molecule has 2 aromatic rings. The van der Waals surface area contributed by atoms with Gasteiger partial charge in [0.15, 0.2) is 0 Å². The molecule has 0 radical (unpaired) electrons. The molecule has 0 fully saturated rings. The summed E-state index contributed by atoms with van der Waals surface area (Å²) < 4.78 is 27.8.